The summed E-state index contributed by atoms with van der Waals surface area (Å²) in [7, 11) is 1.42. The number of nitrogens with zero attached hydrogens (tertiary/aromatic N) is 3. The van der Waals surface area contributed by atoms with E-state index in [4.69, 9.17) is 16.2 Å². The molecule has 28 heavy (non-hydrogen) atoms. The summed E-state index contributed by atoms with van der Waals surface area (Å²) < 4.78 is 18.9. The monoisotopic (exact) mass is 390 g/mol. The van der Waals surface area contributed by atoms with E-state index < -0.39 is 5.82 Å². The number of methoxy groups -OCH3 is 1. The van der Waals surface area contributed by atoms with Crippen LogP contribution in [0.1, 0.15) is 32.1 Å². The van der Waals surface area contributed by atoms with E-state index in [1.165, 1.54) is 50.4 Å². The van der Waals surface area contributed by atoms with Gasteiger partial charge < -0.3 is 21.5 Å². The number of hydrazine groups is 2. The fraction of sp³-hybridized carbons (Fsp3) is 0.444. The van der Waals surface area contributed by atoms with Gasteiger partial charge in [-0.2, -0.15) is 15.1 Å². The maximum Gasteiger partial charge on any atom is 0.248 e. The molecule has 3 rings (SSSR count). The minimum Gasteiger partial charge on any atom is -0.494 e. The number of anilines is 1. The number of nitrogens with one attached hydrogen (secondary N) is 3. The summed E-state index contributed by atoms with van der Waals surface area (Å²) in [5, 5.41) is 4.86. The van der Waals surface area contributed by atoms with Crippen LogP contribution in [0.5, 0.6) is 5.75 Å². The van der Waals surface area contributed by atoms with Crippen molar-refractivity contribution in [2.45, 2.75) is 32.1 Å². The standard InChI is InChI=1S/C18H27FN8O/c1-28-15-8-7-13(9-14(15)19)25-27-11-16(23-18(26-27)24-17(20)21)22-10-12-5-3-2-4-6-12/h7-9,11-12,22,25H,2-6,10H2,1H3,(H5,20,21,23,24,26). The summed E-state index contributed by atoms with van der Waals surface area (Å²) >= 11 is 0. The van der Waals surface area contributed by atoms with Gasteiger partial charge in [-0.1, -0.05) is 19.3 Å². The molecular formula is C18H27FN8O. The molecular weight excluding hydrogens is 363 g/mol. The van der Waals surface area contributed by atoms with Crippen LogP contribution in [0.4, 0.5) is 10.1 Å². The molecule has 1 fully saturated rings. The van der Waals surface area contributed by atoms with Crippen LogP contribution in [0.2, 0.25) is 0 Å². The number of aliphatic imine (C=N–C) groups is 2. The number of hydrogen-bond acceptors (Lipinski definition) is 7. The van der Waals surface area contributed by atoms with Gasteiger partial charge in [0.15, 0.2) is 17.5 Å². The van der Waals surface area contributed by atoms with E-state index in [0.29, 0.717) is 17.4 Å². The number of nitrogens with two attached hydrogens (primary N) is 2. The largest absolute Gasteiger partial charge is 0.494 e. The van der Waals surface area contributed by atoms with Crippen molar-refractivity contribution in [3.05, 3.63) is 36.0 Å². The lowest BCUT2D eigenvalue weighted by Crippen LogP contribution is -2.46. The summed E-state index contributed by atoms with van der Waals surface area (Å²) in [4.78, 5) is 8.35. The molecule has 2 aliphatic rings. The highest BCUT2D eigenvalue weighted by Gasteiger charge is 2.17. The number of halogens is 1. The van der Waals surface area contributed by atoms with Gasteiger partial charge in [-0.25, -0.2) is 9.82 Å². The maximum absolute atomic E-state index is 13.9. The highest BCUT2D eigenvalue weighted by molar-refractivity contribution is 5.93. The molecule has 1 aliphatic heterocycles. The van der Waals surface area contributed by atoms with Gasteiger partial charge in [-0.05, 0) is 30.9 Å². The topological polar surface area (TPSA) is 125 Å². The van der Waals surface area contributed by atoms with Crippen molar-refractivity contribution in [3.63, 3.8) is 0 Å². The van der Waals surface area contributed by atoms with Crippen LogP contribution in [0, 0.1) is 11.7 Å². The van der Waals surface area contributed by atoms with Crippen molar-refractivity contribution in [2.75, 3.05) is 19.1 Å². The number of ether oxygens (including phenoxy) is 1. The van der Waals surface area contributed by atoms with Gasteiger partial charge in [0.05, 0.1) is 19.0 Å². The fourth-order valence-electron chi connectivity index (χ4n) is 3.26. The quantitative estimate of drug-likeness (QED) is 0.369. The zero-order chi connectivity index (χ0) is 19.9. The van der Waals surface area contributed by atoms with Gasteiger partial charge in [0.2, 0.25) is 5.96 Å². The highest BCUT2D eigenvalue weighted by Crippen LogP contribution is 2.23. The summed E-state index contributed by atoms with van der Waals surface area (Å²) in [5.74, 6) is 1.03. The molecule has 1 aromatic carbocycles. The van der Waals surface area contributed by atoms with Gasteiger partial charge >= 0.3 is 0 Å². The summed E-state index contributed by atoms with van der Waals surface area (Å²) in [6.45, 7) is 0.829. The molecule has 1 aromatic rings. The normalized spacial score (nSPS) is 17.1. The Morgan fingerprint density at radius 2 is 2.14 bits per heavy atom. The third-order valence-corrected chi connectivity index (χ3v) is 4.63. The Kier molecular flexibility index (Phi) is 6.41. The minimum atomic E-state index is -0.470. The van der Waals surface area contributed by atoms with Crippen molar-refractivity contribution < 1.29 is 9.13 Å². The molecule has 0 saturated heterocycles. The molecule has 0 bridgehead atoms. The van der Waals surface area contributed by atoms with E-state index in [1.807, 2.05) is 0 Å². The van der Waals surface area contributed by atoms with Gasteiger partial charge in [-0.3, -0.25) is 5.43 Å². The molecule has 1 saturated carbocycles. The van der Waals surface area contributed by atoms with Crippen molar-refractivity contribution in [3.8, 4) is 5.75 Å². The molecule has 0 atom stereocenters. The Bertz CT molecular complexity index is 769. The van der Waals surface area contributed by atoms with Crippen LogP contribution in [-0.4, -0.2) is 30.7 Å². The second kappa shape index (κ2) is 9.16. The molecule has 9 nitrogen and oxygen atoms in total. The highest BCUT2D eigenvalue weighted by atomic mass is 19.1. The molecule has 0 radical (unpaired) electrons. The van der Waals surface area contributed by atoms with Gasteiger partial charge in [-0.15, -0.1) is 0 Å². The van der Waals surface area contributed by atoms with Crippen LogP contribution in [-0.2, 0) is 0 Å². The molecule has 0 unspecified atom stereocenters. The fourth-order valence-corrected chi connectivity index (χ4v) is 3.26. The maximum atomic E-state index is 13.9. The Balaban J connectivity index is 1.70. The zero-order valence-corrected chi connectivity index (χ0v) is 15.9. The Hall–Kier alpha value is -3.17. The van der Waals surface area contributed by atoms with Gasteiger partial charge in [0.25, 0.3) is 0 Å². The molecule has 0 spiro atoms. The lowest BCUT2D eigenvalue weighted by atomic mass is 9.89. The molecule has 0 aromatic heterocycles. The van der Waals surface area contributed by atoms with E-state index in [1.54, 1.807) is 18.3 Å². The van der Waals surface area contributed by atoms with Crippen LogP contribution in [0.3, 0.4) is 0 Å². The summed E-state index contributed by atoms with van der Waals surface area (Å²) in [5.41, 5.74) is 17.4. The van der Waals surface area contributed by atoms with Gasteiger partial charge in [0, 0.05) is 12.6 Å². The van der Waals surface area contributed by atoms with Crippen LogP contribution in [0.25, 0.3) is 0 Å². The second-order valence-electron chi connectivity index (χ2n) is 6.81. The number of rotatable bonds is 6. The lowest BCUT2D eigenvalue weighted by molar-refractivity contribution is 0.343. The molecule has 1 aliphatic carbocycles. The number of guanidine groups is 2. The number of benzene rings is 1. The Morgan fingerprint density at radius 3 is 2.82 bits per heavy atom. The molecule has 1 heterocycles. The molecule has 7 N–H and O–H groups in total. The van der Waals surface area contributed by atoms with Crippen LogP contribution in [0.15, 0.2) is 40.2 Å². The summed E-state index contributed by atoms with van der Waals surface area (Å²) in [6, 6.07) is 4.56. The summed E-state index contributed by atoms with van der Waals surface area (Å²) in [6.07, 6.45) is 8.01. The van der Waals surface area contributed by atoms with E-state index in [-0.39, 0.29) is 17.7 Å². The first-order valence-corrected chi connectivity index (χ1v) is 9.33. The predicted molar refractivity (Wildman–Crippen MR) is 107 cm³/mol. The Labute approximate surface area is 163 Å². The first-order valence-electron chi connectivity index (χ1n) is 9.33. The second-order valence-corrected chi connectivity index (χ2v) is 6.81. The van der Waals surface area contributed by atoms with Crippen molar-refractivity contribution in [1.82, 2.24) is 15.9 Å². The average molecular weight is 390 g/mol. The van der Waals surface area contributed by atoms with E-state index in [0.717, 1.165) is 6.54 Å². The average Bonchev–Trinajstić information content (AvgIpc) is 2.67. The van der Waals surface area contributed by atoms with Crippen LogP contribution >= 0.6 is 0 Å². The predicted octanol–water partition coefficient (Wildman–Crippen LogP) is 1.58. The van der Waals surface area contributed by atoms with Crippen LogP contribution < -0.4 is 32.4 Å². The van der Waals surface area contributed by atoms with E-state index in [2.05, 4.69) is 26.2 Å². The first kappa shape index (κ1) is 19.6. The zero-order valence-electron chi connectivity index (χ0n) is 15.9. The molecule has 0 amide bonds. The SMILES string of the molecule is COc1ccc(NN2C=C(NCC3CCCCC3)N=C(N=C(N)N)N2)cc1F. The number of hydrogen-bond donors (Lipinski definition) is 5. The van der Waals surface area contributed by atoms with Crippen molar-refractivity contribution in [2.24, 2.45) is 27.4 Å². The lowest BCUT2D eigenvalue weighted by Gasteiger charge is -2.28. The third-order valence-electron chi connectivity index (χ3n) is 4.63. The Morgan fingerprint density at radius 1 is 1.36 bits per heavy atom. The molecule has 152 valence electrons. The van der Waals surface area contributed by atoms with Gasteiger partial charge in [0.1, 0.15) is 5.82 Å². The smallest absolute Gasteiger partial charge is 0.248 e. The van der Waals surface area contributed by atoms with Crippen molar-refractivity contribution >= 4 is 17.6 Å². The van der Waals surface area contributed by atoms with Crippen molar-refractivity contribution in [1.29, 1.82) is 0 Å². The third kappa shape index (κ3) is 5.41. The molecule has 10 heteroatoms. The van der Waals surface area contributed by atoms with E-state index >= 15 is 0 Å². The first-order chi connectivity index (χ1) is 13.5. The minimum absolute atomic E-state index is 0.116. The van der Waals surface area contributed by atoms with E-state index in [9.17, 15) is 4.39 Å².